The molecule has 9 heteroatoms. The number of carbonyl (C=O) groups is 1. The van der Waals surface area contributed by atoms with E-state index >= 15 is 0 Å². The smallest absolute Gasteiger partial charge is 0.423 e. The van der Waals surface area contributed by atoms with Gasteiger partial charge in [0.1, 0.15) is 6.04 Å². The maximum absolute atomic E-state index is 11.6. The fraction of sp³-hybridized carbons (Fsp3) is 0.909. The monoisotopic (exact) mass is 325 g/mol. The molecule has 0 spiro atoms. The summed E-state index contributed by atoms with van der Waals surface area (Å²) in [5.74, 6) is 0. The zero-order chi connectivity index (χ0) is 15.9. The van der Waals surface area contributed by atoms with Crippen LogP contribution in [0.4, 0.5) is 4.79 Å². The van der Waals surface area contributed by atoms with Gasteiger partial charge in [0.2, 0.25) is 0 Å². The Morgan fingerprint density at radius 2 is 1.95 bits per heavy atom. The molecule has 1 heterocycles. The summed E-state index contributed by atoms with van der Waals surface area (Å²) in [4.78, 5) is 11.1. The average Bonchev–Trinajstić information content (AvgIpc) is 2.51. The first-order valence-electron chi connectivity index (χ1n) is 6.39. The van der Waals surface area contributed by atoms with Crippen molar-refractivity contribution < 1.29 is 26.9 Å². The van der Waals surface area contributed by atoms with E-state index in [0.29, 0.717) is 4.31 Å². The number of nitrogens with zero attached hydrogens (tertiary/aromatic N) is 1. The average molecular weight is 325 g/mol. The van der Waals surface area contributed by atoms with Crippen LogP contribution in [-0.4, -0.2) is 51.0 Å². The topological polar surface area (TPSA) is 93.1 Å². The zero-order valence-electron chi connectivity index (χ0n) is 12.7. The van der Waals surface area contributed by atoms with Crippen molar-refractivity contribution >= 4 is 24.7 Å². The molecule has 1 aliphatic heterocycles. The summed E-state index contributed by atoms with van der Waals surface area (Å²) in [6, 6.07) is -0.841. The molecule has 0 saturated carbocycles. The van der Waals surface area contributed by atoms with Gasteiger partial charge in [-0.3, -0.25) is 4.18 Å². The minimum Gasteiger partial charge on any atom is -0.464 e. The molecular weight excluding hydrogens is 302 g/mol. The second-order valence-electron chi connectivity index (χ2n) is 6.47. The van der Waals surface area contributed by atoms with Gasteiger partial charge in [0.05, 0.1) is 12.7 Å². The fourth-order valence-electron chi connectivity index (χ4n) is 1.73. The van der Waals surface area contributed by atoms with Crippen LogP contribution in [0.5, 0.6) is 0 Å². The first-order chi connectivity index (χ1) is 8.79. The van der Waals surface area contributed by atoms with Crippen molar-refractivity contribution in [3.05, 3.63) is 0 Å². The molecule has 7 nitrogen and oxygen atoms in total. The second-order valence-corrected chi connectivity index (χ2v) is 12.7. The van der Waals surface area contributed by atoms with Crippen molar-refractivity contribution in [3.63, 3.8) is 0 Å². The lowest BCUT2D eigenvalue weighted by atomic mass is 10.2. The van der Waals surface area contributed by atoms with E-state index in [-0.39, 0.29) is 11.6 Å². The Kier molecular flexibility index (Phi) is 4.60. The molecule has 0 aromatic heterocycles. The summed E-state index contributed by atoms with van der Waals surface area (Å²) in [6.45, 7) is 11.7. The van der Waals surface area contributed by atoms with E-state index in [0.717, 1.165) is 0 Å². The quantitative estimate of drug-likeness (QED) is 0.798. The lowest BCUT2D eigenvalue weighted by Crippen LogP contribution is -2.51. The molecule has 0 aromatic rings. The van der Waals surface area contributed by atoms with Crippen LogP contribution < -0.4 is 0 Å². The molecule has 2 atom stereocenters. The molecule has 1 amide bonds. The van der Waals surface area contributed by atoms with Crippen molar-refractivity contribution in [2.75, 3.05) is 6.61 Å². The van der Waals surface area contributed by atoms with Gasteiger partial charge in [0.25, 0.3) is 0 Å². The molecule has 1 N–H and O–H groups in total. The Morgan fingerprint density at radius 1 is 1.45 bits per heavy atom. The summed E-state index contributed by atoms with van der Waals surface area (Å²) in [5, 5.41) is 9.00. The Bertz CT molecular complexity index is 484. The van der Waals surface area contributed by atoms with E-state index in [1.807, 2.05) is 13.1 Å². The number of rotatable bonds is 3. The van der Waals surface area contributed by atoms with Gasteiger partial charge in [0.15, 0.2) is 8.32 Å². The predicted molar refractivity (Wildman–Crippen MR) is 76.3 cm³/mol. The highest BCUT2D eigenvalue weighted by Crippen LogP contribution is 2.38. The van der Waals surface area contributed by atoms with Crippen molar-refractivity contribution in [2.45, 2.75) is 58.0 Å². The number of carboxylic acid groups (broad SMARTS) is 1. The minimum atomic E-state index is -4.20. The Labute approximate surface area is 121 Å². The predicted octanol–water partition coefficient (Wildman–Crippen LogP) is 2.02. The summed E-state index contributed by atoms with van der Waals surface area (Å²) >= 11 is 0. The largest absolute Gasteiger partial charge is 0.464 e. The van der Waals surface area contributed by atoms with Gasteiger partial charge in [-0.1, -0.05) is 20.8 Å². The lowest BCUT2D eigenvalue weighted by molar-refractivity contribution is 0.102. The molecule has 118 valence electrons. The standard InChI is InChI=1S/C11H23NO6SSi/c1-8(18-20(5,6)11(2,3)4)9-7-17-19(15,16)12(9)10(13)14/h8-9H,7H2,1-6H3,(H,13,14)/t8-,9-/m1/s1. The summed E-state index contributed by atoms with van der Waals surface area (Å²) in [5.41, 5.74) is 0. The van der Waals surface area contributed by atoms with Gasteiger partial charge in [-0.2, -0.15) is 12.7 Å². The number of amides is 1. The van der Waals surface area contributed by atoms with E-state index < -0.39 is 36.9 Å². The van der Waals surface area contributed by atoms with Crippen LogP contribution in [0, 0.1) is 0 Å². The normalized spacial score (nSPS) is 24.7. The van der Waals surface area contributed by atoms with Gasteiger partial charge in [-0.25, -0.2) is 4.79 Å². The first-order valence-corrected chi connectivity index (χ1v) is 10.7. The van der Waals surface area contributed by atoms with Crippen LogP contribution in [0.2, 0.25) is 18.1 Å². The molecular formula is C11H23NO6SSi. The van der Waals surface area contributed by atoms with Crippen LogP contribution in [0.25, 0.3) is 0 Å². The van der Waals surface area contributed by atoms with Gasteiger partial charge < -0.3 is 9.53 Å². The third-order valence-corrected chi connectivity index (χ3v) is 9.86. The van der Waals surface area contributed by atoms with E-state index in [4.69, 9.17) is 9.53 Å². The maximum atomic E-state index is 11.6. The van der Waals surface area contributed by atoms with E-state index in [9.17, 15) is 13.2 Å². The summed E-state index contributed by atoms with van der Waals surface area (Å²) in [7, 11) is -6.32. The summed E-state index contributed by atoms with van der Waals surface area (Å²) < 4.78 is 34.1. The molecule has 1 rings (SSSR count). The highest BCUT2D eigenvalue weighted by molar-refractivity contribution is 7.85. The molecule has 0 bridgehead atoms. The third kappa shape index (κ3) is 3.33. The van der Waals surface area contributed by atoms with Crippen LogP contribution in [0.15, 0.2) is 0 Å². The molecule has 0 aromatic carbocycles. The number of hydrogen-bond donors (Lipinski definition) is 1. The van der Waals surface area contributed by atoms with Crippen molar-refractivity contribution in [1.82, 2.24) is 4.31 Å². The first kappa shape index (κ1) is 17.4. The van der Waals surface area contributed by atoms with Gasteiger partial charge in [-0.05, 0) is 25.1 Å². The van der Waals surface area contributed by atoms with Gasteiger partial charge in [-0.15, -0.1) is 0 Å². The highest BCUT2D eigenvalue weighted by atomic mass is 32.2. The summed E-state index contributed by atoms with van der Waals surface area (Å²) in [6.07, 6.45) is -2.09. The lowest BCUT2D eigenvalue weighted by Gasteiger charge is -2.40. The van der Waals surface area contributed by atoms with Gasteiger partial charge in [0, 0.05) is 0 Å². The minimum absolute atomic E-state index is 0.0480. The molecule has 1 saturated heterocycles. The van der Waals surface area contributed by atoms with E-state index in [1.165, 1.54) is 0 Å². The molecule has 0 unspecified atom stereocenters. The Hall–Kier alpha value is -0.643. The van der Waals surface area contributed by atoms with Crippen molar-refractivity contribution in [1.29, 1.82) is 0 Å². The van der Waals surface area contributed by atoms with Crippen molar-refractivity contribution in [2.24, 2.45) is 0 Å². The SMILES string of the molecule is C[C@@H](O[Si](C)(C)C(C)(C)C)[C@H]1COS(=O)(=O)N1C(=O)O. The van der Waals surface area contributed by atoms with Crippen LogP contribution in [0.3, 0.4) is 0 Å². The van der Waals surface area contributed by atoms with Crippen LogP contribution >= 0.6 is 0 Å². The fourth-order valence-corrected chi connectivity index (χ4v) is 4.35. The molecule has 1 aliphatic rings. The molecule has 20 heavy (non-hydrogen) atoms. The number of hydrogen-bond acceptors (Lipinski definition) is 5. The maximum Gasteiger partial charge on any atom is 0.423 e. The molecule has 0 aliphatic carbocycles. The third-order valence-electron chi connectivity index (χ3n) is 3.95. The molecule has 0 radical (unpaired) electrons. The van der Waals surface area contributed by atoms with Crippen LogP contribution in [0.1, 0.15) is 27.7 Å². The Morgan fingerprint density at radius 3 is 2.35 bits per heavy atom. The Balaban J connectivity index is 2.94. The van der Waals surface area contributed by atoms with Crippen LogP contribution in [-0.2, 0) is 18.9 Å². The highest BCUT2D eigenvalue weighted by Gasteiger charge is 2.48. The van der Waals surface area contributed by atoms with Crippen molar-refractivity contribution in [3.8, 4) is 0 Å². The van der Waals surface area contributed by atoms with E-state index in [1.54, 1.807) is 6.92 Å². The second kappa shape index (κ2) is 5.28. The molecule has 1 fully saturated rings. The van der Waals surface area contributed by atoms with E-state index in [2.05, 4.69) is 25.0 Å². The van der Waals surface area contributed by atoms with Gasteiger partial charge >= 0.3 is 16.4 Å². The zero-order valence-corrected chi connectivity index (χ0v) is 14.5.